The normalized spacial score (nSPS) is 14.9. The average molecular weight is 208 g/mol. The van der Waals surface area contributed by atoms with Gasteiger partial charge in [0.25, 0.3) is 5.88 Å². The Morgan fingerprint density at radius 2 is 2.40 bits per heavy atom. The maximum Gasteiger partial charge on any atom is 0.253 e. The molecule has 6 heteroatoms. The minimum Gasteiger partial charge on any atom is -0.473 e. The predicted octanol–water partition coefficient (Wildman–Crippen LogP) is 0.0430. The fraction of sp³-hybridized carbons (Fsp3) is 0.556. The Bertz CT molecular complexity index is 403. The molecule has 0 atom stereocenters. The lowest BCUT2D eigenvalue weighted by molar-refractivity contribution is 0.195. The second-order valence-corrected chi connectivity index (χ2v) is 3.43. The minimum absolute atomic E-state index is 0.110. The zero-order valence-corrected chi connectivity index (χ0v) is 8.18. The molecule has 1 aliphatic rings. The summed E-state index contributed by atoms with van der Waals surface area (Å²) >= 11 is 0. The summed E-state index contributed by atoms with van der Waals surface area (Å²) in [5, 5.41) is 21.6. The van der Waals surface area contributed by atoms with E-state index in [1.165, 1.54) is 0 Å². The van der Waals surface area contributed by atoms with Crippen molar-refractivity contribution in [3.05, 3.63) is 5.56 Å². The van der Waals surface area contributed by atoms with Gasteiger partial charge in [0.2, 0.25) is 0 Å². The van der Waals surface area contributed by atoms with Crippen LogP contribution in [0, 0.1) is 11.3 Å². The molecule has 15 heavy (non-hydrogen) atoms. The van der Waals surface area contributed by atoms with Gasteiger partial charge in [-0.3, -0.25) is 0 Å². The van der Waals surface area contributed by atoms with Crippen molar-refractivity contribution in [2.24, 2.45) is 0 Å². The van der Waals surface area contributed by atoms with Crippen molar-refractivity contribution >= 4 is 5.82 Å². The van der Waals surface area contributed by atoms with Gasteiger partial charge in [0, 0.05) is 0 Å². The SMILES string of the molecule is N#Cc1c(OCCO)nn(C2CC2)c1N. The van der Waals surface area contributed by atoms with Crippen molar-refractivity contribution < 1.29 is 9.84 Å². The van der Waals surface area contributed by atoms with Crippen molar-refractivity contribution in [1.82, 2.24) is 9.78 Å². The molecule has 3 N–H and O–H groups in total. The molecule has 1 heterocycles. The van der Waals surface area contributed by atoms with Crippen LogP contribution < -0.4 is 10.5 Å². The van der Waals surface area contributed by atoms with Crippen LogP contribution in [0.4, 0.5) is 5.82 Å². The molecule has 0 spiro atoms. The maximum absolute atomic E-state index is 8.89. The molecule has 0 amide bonds. The largest absolute Gasteiger partial charge is 0.473 e. The number of nitriles is 1. The second-order valence-electron chi connectivity index (χ2n) is 3.43. The Labute approximate surface area is 86.9 Å². The first-order chi connectivity index (χ1) is 7.27. The summed E-state index contributed by atoms with van der Waals surface area (Å²) in [5.41, 5.74) is 6.02. The van der Waals surface area contributed by atoms with Crippen LogP contribution in [0.1, 0.15) is 24.4 Å². The monoisotopic (exact) mass is 208 g/mol. The number of hydrogen-bond donors (Lipinski definition) is 2. The van der Waals surface area contributed by atoms with E-state index in [1.807, 2.05) is 6.07 Å². The molecule has 2 rings (SSSR count). The Morgan fingerprint density at radius 3 is 2.93 bits per heavy atom. The van der Waals surface area contributed by atoms with Crippen molar-refractivity contribution in [2.45, 2.75) is 18.9 Å². The fourth-order valence-electron chi connectivity index (χ4n) is 1.37. The molecule has 1 fully saturated rings. The molecule has 0 bridgehead atoms. The third-order valence-electron chi connectivity index (χ3n) is 2.25. The quantitative estimate of drug-likeness (QED) is 0.728. The van der Waals surface area contributed by atoms with Gasteiger partial charge in [0.05, 0.1) is 12.6 Å². The number of hydrogen-bond acceptors (Lipinski definition) is 5. The Kier molecular flexibility index (Phi) is 2.47. The van der Waals surface area contributed by atoms with Gasteiger partial charge in [-0.2, -0.15) is 5.26 Å². The standard InChI is InChI=1S/C9H12N4O2/c10-5-7-8(11)13(6-1-2-6)12-9(7)15-4-3-14/h6,14H,1-4,11H2. The first-order valence-corrected chi connectivity index (χ1v) is 4.79. The maximum atomic E-state index is 8.89. The first-order valence-electron chi connectivity index (χ1n) is 4.79. The van der Waals surface area contributed by atoms with E-state index in [0.717, 1.165) is 12.8 Å². The number of nitrogens with zero attached hydrogens (tertiary/aromatic N) is 3. The van der Waals surface area contributed by atoms with E-state index in [9.17, 15) is 0 Å². The van der Waals surface area contributed by atoms with Crippen LogP contribution in [0.15, 0.2) is 0 Å². The Hall–Kier alpha value is -1.74. The Morgan fingerprint density at radius 1 is 1.67 bits per heavy atom. The van der Waals surface area contributed by atoms with E-state index in [2.05, 4.69) is 5.10 Å². The fourth-order valence-corrected chi connectivity index (χ4v) is 1.37. The van der Waals surface area contributed by atoms with E-state index in [4.69, 9.17) is 20.8 Å². The third-order valence-corrected chi connectivity index (χ3v) is 2.25. The molecule has 6 nitrogen and oxygen atoms in total. The summed E-state index contributed by atoms with van der Waals surface area (Å²) in [5.74, 6) is 0.573. The van der Waals surface area contributed by atoms with Gasteiger partial charge < -0.3 is 15.6 Å². The average Bonchev–Trinajstić information content (AvgIpc) is 3.01. The lowest BCUT2D eigenvalue weighted by atomic mass is 10.3. The van der Waals surface area contributed by atoms with Crippen molar-refractivity contribution in [2.75, 3.05) is 18.9 Å². The van der Waals surface area contributed by atoms with Crippen LogP contribution in [0.3, 0.4) is 0 Å². The van der Waals surface area contributed by atoms with Crippen LogP contribution in [-0.4, -0.2) is 28.1 Å². The van der Waals surface area contributed by atoms with Gasteiger partial charge in [0.15, 0.2) is 5.56 Å². The van der Waals surface area contributed by atoms with Crippen LogP contribution >= 0.6 is 0 Å². The van der Waals surface area contributed by atoms with E-state index < -0.39 is 0 Å². The number of aliphatic hydroxyl groups excluding tert-OH is 1. The minimum atomic E-state index is -0.110. The Balaban J connectivity index is 2.28. The molecule has 0 radical (unpaired) electrons. The van der Waals surface area contributed by atoms with E-state index >= 15 is 0 Å². The summed E-state index contributed by atoms with van der Waals surface area (Å²) in [6.07, 6.45) is 2.08. The van der Waals surface area contributed by atoms with Gasteiger partial charge in [-0.05, 0) is 12.8 Å². The van der Waals surface area contributed by atoms with E-state index in [1.54, 1.807) is 4.68 Å². The van der Waals surface area contributed by atoms with Gasteiger partial charge in [0.1, 0.15) is 18.5 Å². The van der Waals surface area contributed by atoms with Gasteiger partial charge >= 0.3 is 0 Å². The van der Waals surface area contributed by atoms with Crippen molar-refractivity contribution in [3.8, 4) is 11.9 Å². The van der Waals surface area contributed by atoms with Crippen LogP contribution in [0.25, 0.3) is 0 Å². The number of nitrogens with two attached hydrogens (primary N) is 1. The van der Waals surface area contributed by atoms with Crippen LogP contribution in [-0.2, 0) is 0 Å². The van der Waals surface area contributed by atoms with Crippen LogP contribution in [0.5, 0.6) is 5.88 Å². The number of rotatable bonds is 4. The summed E-state index contributed by atoms with van der Waals surface area (Å²) in [6, 6.07) is 2.27. The zero-order chi connectivity index (χ0) is 10.8. The molecule has 1 aromatic heterocycles. The smallest absolute Gasteiger partial charge is 0.253 e. The number of anilines is 1. The number of aliphatic hydroxyl groups is 1. The lowest BCUT2D eigenvalue weighted by Gasteiger charge is -1.99. The highest BCUT2D eigenvalue weighted by atomic mass is 16.5. The summed E-state index contributed by atoms with van der Waals surface area (Å²) in [4.78, 5) is 0. The zero-order valence-electron chi connectivity index (χ0n) is 8.18. The van der Waals surface area contributed by atoms with Gasteiger partial charge in [-0.1, -0.05) is 0 Å². The molecular formula is C9H12N4O2. The second kappa shape index (κ2) is 3.79. The lowest BCUT2D eigenvalue weighted by Crippen LogP contribution is -2.04. The molecule has 0 unspecified atom stereocenters. The highest BCUT2D eigenvalue weighted by molar-refractivity contribution is 5.55. The molecule has 0 aliphatic heterocycles. The summed E-state index contributed by atoms with van der Waals surface area (Å²) in [7, 11) is 0. The first kappa shape index (κ1) is 9.80. The molecule has 1 aliphatic carbocycles. The van der Waals surface area contributed by atoms with E-state index in [-0.39, 0.29) is 24.7 Å². The predicted molar refractivity (Wildman–Crippen MR) is 52.2 cm³/mol. The summed E-state index contributed by atoms with van der Waals surface area (Å²) < 4.78 is 6.76. The molecule has 1 saturated carbocycles. The molecule has 0 aromatic carbocycles. The molecule has 1 aromatic rings. The van der Waals surface area contributed by atoms with Gasteiger partial charge in [-0.25, -0.2) is 4.68 Å². The summed E-state index contributed by atoms with van der Waals surface area (Å²) in [6.45, 7) is 0.0108. The van der Waals surface area contributed by atoms with E-state index in [0.29, 0.717) is 11.9 Å². The van der Waals surface area contributed by atoms with Crippen LogP contribution in [0.2, 0.25) is 0 Å². The topological polar surface area (TPSA) is 97.1 Å². The number of ether oxygens (including phenoxy) is 1. The van der Waals surface area contributed by atoms with Crippen molar-refractivity contribution in [3.63, 3.8) is 0 Å². The molecule has 80 valence electrons. The number of aromatic nitrogens is 2. The van der Waals surface area contributed by atoms with Crippen molar-refractivity contribution in [1.29, 1.82) is 5.26 Å². The molecule has 0 saturated heterocycles. The third kappa shape index (κ3) is 1.74. The highest BCUT2D eigenvalue weighted by Gasteiger charge is 2.29. The number of nitrogen functional groups attached to an aromatic ring is 1. The van der Waals surface area contributed by atoms with Gasteiger partial charge in [-0.15, -0.1) is 5.10 Å². The highest BCUT2D eigenvalue weighted by Crippen LogP contribution is 2.38. The molecular weight excluding hydrogens is 196 g/mol.